The quantitative estimate of drug-likeness (QED) is 0.625. The Kier molecular flexibility index (Phi) is 2.49. The fourth-order valence-electron chi connectivity index (χ4n) is 3.92. The van der Waals surface area contributed by atoms with Crippen LogP contribution in [0.4, 0.5) is 0 Å². The number of carbonyl (C=O) groups excluding carboxylic acids is 2. The van der Waals surface area contributed by atoms with Gasteiger partial charge in [-0.25, -0.2) is 0 Å². The second-order valence-corrected chi connectivity index (χ2v) is 5.58. The number of nitrogens with zero attached hydrogens (tertiary/aromatic N) is 1. The van der Waals surface area contributed by atoms with E-state index in [-0.39, 0.29) is 0 Å². The van der Waals surface area contributed by atoms with E-state index < -0.39 is 0 Å². The maximum atomic E-state index is 12.0. The van der Waals surface area contributed by atoms with Crippen molar-refractivity contribution in [3.8, 4) is 0 Å². The fraction of sp³-hybridized carbons (Fsp3) is 0.846. The molecule has 16 heavy (non-hydrogen) atoms. The van der Waals surface area contributed by atoms with Crippen LogP contribution in [0.5, 0.6) is 0 Å². The number of hydrogen-bond donors (Lipinski definition) is 0. The molecule has 0 aromatic heterocycles. The monoisotopic (exact) mass is 221 g/mol. The molecule has 88 valence electrons. The molecule has 0 unspecified atom stereocenters. The molecule has 2 aliphatic heterocycles. The van der Waals surface area contributed by atoms with Crippen molar-refractivity contribution in [3.63, 3.8) is 0 Å². The lowest BCUT2D eigenvalue weighted by Crippen LogP contribution is -2.47. The molecule has 0 spiro atoms. The molecule has 3 nitrogen and oxygen atoms in total. The zero-order chi connectivity index (χ0) is 11.1. The van der Waals surface area contributed by atoms with Crippen molar-refractivity contribution in [2.45, 2.75) is 51.0 Å². The minimum Gasteiger partial charge on any atom is -0.339 e. The Morgan fingerprint density at radius 3 is 2.56 bits per heavy atom. The van der Waals surface area contributed by atoms with Gasteiger partial charge in [-0.15, -0.1) is 0 Å². The van der Waals surface area contributed by atoms with Gasteiger partial charge in [-0.2, -0.15) is 0 Å². The Morgan fingerprint density at radius 1 is 1.00 bits per heavy atom. The van der Waals surface area contributed by atoms with Crippen molar-refractivity contribution >= 4 is 11.7 Å². The van der Waals surface area contributed by atoms with E-state index in [1.54, 1.807) is 0 Å². The van der Waals surface area contributed by atoms with Crippen LogP contribution in [0.3, 0.4) is 0 Å². The third kappa shape index (κ3) is 1.57. The molecule has 3 heteroatoms. The number of carbonyl (C=O) groups is 2. The smallest absolute Gasteiger partial charge is 0.222 e. The number of Topliss-reactive ketones (excluding diaryl/α,β-unsaturated/α-hetero) is 1. The first-order valence-electron chi connectivity index (χ1n) is 6.57. The van der Waals surface area contributed by atoms with Crippen molar-refractivity contribution in [1.29, 1.82) is 0 Å². The summed E-state index contributed by atoms with van der Waals surface area (Å²) in [5.74, 6) is 1.72. The number of ketones is 1. The van der Waals surface area contributed by atoms with E-state index >= 15 is 0 Å². The minimum atomic E-state index is 0.339. The second-order valence-electron chi connectivity index (χ2n) is 5.58. The predicted octanol–water partition coefficient (Wildman–Crippen LogP) is 1.76. The van der Waals surface area contributed by atoms with Crippen LogP contribution in [0.2, 0.25) is 0 Å². The van der Waals surface area contributed by atoms with Gasteiger partial charge in [-0.05, 0) is 31.1 Å². The van der Waals surface area contributed by atoms with Crippen LogP contribution in [0.25, 0.3) is 0 Å². The summed E-state index contributed by atoms with van der Waals surface area (Å²) in [5, 5.41) is 0. The Balaban J connectivity index is 1.88. The molecular formula is C13H19NO2. The summed E-state index contributed by atoms with van der Waals surface area (Å²) in [4.78, 5) is 25.8. The van der Waals surface area contributed by atoms with E-state index in [9.17, 15) is 9.59 Å². The zero-order valence-corrected chi connectivity index (χ0v) is 9.65. The van der Waals surface area contributed by atoms with Crippen molar-refractivity contribution < 1.29 is 9.59 Å². The third-order valence-electron chi connectivity index (χ3n) is 4.58. The summed E-state index contributed by atoms with van der Waals surface area (Å²) in [6.45, 7) is 0.901. The van der Waals surface area contributed by atoms with Crippen LogP contribution < -0.4 is 0 Å². The fourth-order valence-corrected chi connectivity index (χ4v) is 3.92. The molecule has 0 aromatic carbocycles. The van der Waals surface area contributed by atoms with Gasteiger partial charge < -0.3 is 4.90 Å². The first-order valence-corrected chi connectivity index (χ1v) is 6.57. The molecule has 0 aromatic rings. The summed E-state index contributed by atoms with van der Waals surface area (Å²) < 4.78 is 0. The Bertz CT molecular complexity index is 326. The Labute approximate surface area is 96.2 Å². The molecule has 1 saturated carbocycles. The van der Waals surface area contributed by atoms with E-state index in [1.807, 2.05) is 0 Å². The van der Waals surface area contributed by atoms with Gasteiger partial charge in [0, 0.05) is 31.8 Å². The van der Waals surface area contributed by atoms with E-state index in [1.165, 1.54) is 0 Å². The van der Waals surface area contributed by atoms with E-state index in [0.717, 1.165) is 51.5 Å². The highest BCUT2D eigenvalue weighted by molar-refractivity contribution is 5.82. The van der Waals surface area contributed by atoms with Gasteiger partial charge in [0.2, 0.25) is 5.91 Å². The summed E-state index contributed by atoms with van der Waals surface area (Å²) in [7, 11) is 0. The molecule has 2 saturated heterocycles. The summed E-state index contributed by atoms with van der Waals surface area (Å²) >= 11 is 0. The van der Waals surface area contributed by atoms with Gasteiger partial charge >= 0.3 is 0 Å². The van der Waals surface area contributed by atoms with E-state index in [0.29, 0.717) is 29.6 Å². The van der Waals surface area contributed by atoms with Crippen molar-refractivity contribution in [2.75, 3.05) is 6.54 Å². The van der Waals surface area contributed by atoms with Gasteiger partial charge in [0.1, 0.15) is 5.78 Å². The van der Waals surface area contributed by atoms with E-state index in [2.05, 4.69) is 4.90 Å². The molecular weight excluding hydrogens is 202 g/mol. The highest BCUT2D eigenvalue weighted by atomic mass is 16.2. The van der Waals surface area contributed by atoms with Crippen molar-refractivity contribution in [3.05, 3.63) is 0 Å². The molecule has 3 atom stereocenters. The maximum Gasteiger partial charge on any atom is 0.222 e. The Morgan fingerprint density at radius 2 is 1.75 bits per heavy atom. The average Bonchev–Trinajstić information content (AvgIpc) is 2.65. The van der Waals surface area contributed by atoms with Gasteiger partial charge in [0.25, 0.3) is 0 Å². The van der Waals surface area contributed by atoms with Crippen molar-refractivity contribution in [1.82, 2.24) is 4.90 Å². The lowest BCUT2D eigenvalue weighted by Gasteiger charge is -2.39. The maximum absolute atomic E-state index is 12.0. The molecule has 2 heterocycles. The predicted molar refractivity (Wildman–Crippen MR) is 59.8 cm³/mol. The molecule has 3 fully saturated rings. The zero-order valence-electron chi connectivity index (χ0n) is 9.65. The molecule has 3 rings (SSSR count). The van der Waals surface area contributed by atoms with Crippen LogP contribution in [0.15, 0.2) is 0 Å². The lowest BCUT2D eigenvalue weighted by molar-refractivity contribution is -0.137. The van der Waals surface area contributed by atoms with Crippen LogP contribution >= 0.6 is 0 Å². The molecule has 3 aliphatic rings. The summed E-state index contributed by atoms with van der Waals surface area (Å²) in [5.41, 5.74) is 0. The number of rotatable bonds is 0. The van der Waals surface area contributed by atoms with E-state index in [4.69, 9.17) is 0 Å². The van der Waals surface area contributed by atoms with Gasteiger partial charge in [0.05, 0.1) is 0 Å². The molecule has 0 bridgehead atoms. The van der Waals surface area contributed by atoms with Gasteiger partial charge in [0.15, 0.2) is 0 Å². The van der Waals surface area contributed by atoms with Crippen molar-refractivity contribution in [2.24, 2.45) is 11.8 Å². The standard InChI is InChI=1S/C13H19NO2/c15-11-7-9-3-1-2-4-12(16)14-6-5-10(8-11)13(9)14/h9-10,13H,1-8H2/t9-,10+,13+/m0/s1. The highest BCUT2D eigenvalue weighted by Gasteiger charge is 2.46. The molecule has 1 aliphatic carbocycles. The average molecular weight is 221 g/mol. The first kappa shape index (κ1) is 10.3. The largest absolute Gasteiger partial charge is 0.339 e. The molecule has 0 N–H and O–H groups in total. The Hall–Kier alpha value is -0.860. The molecule has 0 radical (unpaired) electrons. The normalized spacial score (nSPS) is 39.2. The van der Waals surface area contributed by atoms with Crippen LogP contribution in [0.1, 0.15) is 44.9 Å². The number of hydrogen-bond acceptors (Lipinski definition) is 2. The summed E-state index contributed by atoms with van der Waals surface area (Å²) in [6, 6.07) is 0.408. The topological polar surface area (TPSA) is 37.4 Å². The lowest BCUT2D eigenvalue weighted by atomic mass is 9.74. The van der Waals surface area contributed by atoms with Crippen LogP contribution in [-0.2, 0) is 9.59 Å². The first-order chi connectivity index (χ1) is 7.75. The van der Waals surface area contributed by atoms with Gasteiger partial charge in [-0.3, -0.25) is 9.59 Å². The molecule has 1 amide bonds. The summed E-state index contributed by atoms with van der Waals surface area (Å²) in [6.07, 6.45) is 6.52. The number of amides is 1. The minimum absolute atomic E-state index is 0.339. The van der Waals surface area contributed by atoms with Crippen LogP contribution in [0, 0.1) is 11.8 Å². The van der Waals surface area contributed by atoms with Crippen LogP contribution in [-0.4, -0.2) is 29.2 Å². The second kappa shape index (κ2) is 3.86. The highest BCUT2D eigenvalue weighted by Crippen LogP contribution is 2.41. The third-order valence-corrected chi connectivity index (χ3v) is 4.58. The SMILES string of the molecule is O=C1C[C@H]2CCN3C(=O)CCCC[C@@H](C1)[C@H]23. The van der Waals surface area contributed by atoms with Gasteiger partial charge in [-0.1, -0.05) is 6.42 Å².